The SMILES string of the molecule is CC(C)(C)OC(=O)N1CCC(C(N)=O)(C(=O)OCc2ccccc2)CC1. The lowest BCUT2D eigenvalue weighted by atomic mass is 9.77. The zero-order valence-electron chi connectivity index (χ0n) is 15.5. The van der Waals surface area contributed by atoms with Crippen LogP contribution >= 0.6 is 0 Å². The van der Waals surface area contributed by atoms with Crippen molar-refractivity contribution in [1.29, 1.82) is 0 Å². The maximum atomic E-state index is 12.6. The van der Waals surface area contributed by atoms with Crippen LogP contribution < -0.4 is 5.73 Å². The molecule has 0 saturated carbocycles. The number of amides is 2. The first kappa shape index (κ1) is 19.8. The average molecular weight is 362 g/mol. The molecule has 0 spiro atoms. The van der Waals surface area contributed by atoms with Gasteiger partial charge in [-0.15, -0.1) is 0 Å². The van der Waals surface area contributed by atoms with Gasteiger partial charge < -0.3 is 20.1 Å². The molecule has 0 bridgehead atoms. The molecule has 142 valence electrons. The van der Waals surface area contributed by atoms with Gasteiger partial charge in [0.2, 0.25) is 5.91 Å². The quantitative estimate of drug-likeness (QED) is 0.654. The van der Waals surface area contributed by atoms with Gasteiger partial charge in [-0.2, -0.15) is 0 Å². The highest BCUT2D eigenvalue weighted by molar-refractivity contribution is 6.02. The van der Waals surface area contributed by atoms with Crippen molar-refractivity contribution in [3.05, 3.63) is 35.9 Å². The van der Waals surface area contributed by atoms with Crippen LogP contribution in [0.4, 0.5) is 4.79 Å². The summed E-state index contributed by atoms with van der Waals surface area (Å²) in [5.41, 5.74) is 4.33. The lowest BCUT2D eigenvalue weighted by Gasteiger charge is -2.38. The largest absolute Gasteiger partial charge is 0.460 e. The first-order valence-corrected chi connectivity index (χ1v) is 8.63. The van der Waals surface area contributed by atoms with Crippen molar-refractivity contribution in [2.24, 2.45) is 11.1 Å². The fourth-order valence-corrected chi connectivity index (χ4v) is 2.81. The molecule has 2 N–H and O–H groups in total. The first-order valence-electron chi connectivity index (χ1n) is 8.63. The topological polar surface area (TPSA) is 98.9 Å². The van der Waals surface area contributed by atoms with E-state index < -0.39 is 29.0 Å². The van der Waals surface area contributed by atoms with Crippen LogP contribution in [0.1, 0.15) is 39.2 Å². The predicted molar refractivity (Wildman–Crippen MR) is 94.9 cm³/mol. The number of nitrogens with two attached hydrogens (primary N) is 1. The van der Waals surface area contributed by atoms with Crippen LogP contribution in [0.15, 0.2) is 30.3 Å². The van der Waals surface area contributed by atoms with Crippen LogP contribution in [-0.4, -0.2) is 41.6 Å². The van der Waals surface area contributed by atoms with E-state index in [0.717, 1.165) is 5.56 Å². The van der Waals surface area contributed by atoms with E-state index >= 15 is 0 Å². The summed E-state index contributed by atoms with van der Waals surface area (Å²) in [7, 11) is 0. The number of ether oxygens (including phenoxy) is 2. The summed E-state index contributed by atoms with van der Waals surface area (Å²) in [6, 6.07) is 9.20. The summed E-state index contributed by atoms with van der Waals surface area (Å²) in [6.45, 7) is 5.83. The summed E-state index contributed by atoms with van der Waals surface area (Å²) >= 11 is 0. The van der Waals surface area contributed by atoms with Gasteiger partial charge in [0.1, 0.15) is 17.6 Å². The van der Waals surface area contributed by atoms with Crippen LogP contribution in [0, 0.1) is 5.41 Å². The van der Waals surface area contributed by atoms with E-state index in [2.05, 4.69) is 0 Å². The number of piperidine rings is 1. The zero-order chi connectivity index (χ0) is 19.4. The van der Waals surface area contributed by atoms with Gasteiger partial charge in [-0.05, 0) is 39.2 Å². The Labute approximate surface area is 153 Å². The summed E-state index contributed by atoms with van der Waals surface area (Å²) in [4.78, 5) is 38.2. The van der Waals surface area contributed by atoms with Gasteiger partial charge >= 0.3 is 12.1 Å². The molecular weight excluding hydrogens is 336 g/mol. The Bertz CT molecular complexity index is 658. The molecule has 0 radical (unpaired) electrons. The van der Waals surface area contributed by atoms with Crippen molar-refractivity contribution >= 4 is 18.0 Å². The Hall–Kier alpha value is -2.57. The van der Waals surface area contributed by atoms with Crippen molar-refractivity contribution in [1.82, 2.24) is 4.90 Å². The molecule has 26 heavy (non-hydrogen) atoms. The Morgan fingerprint density at radius 1 is 1.12 bits per heavy atom. The molecule has 1 aliphatic heterocycles. The maximum absolute atomic E-state index is 12.6. The highest BCUT2D eigenvalue weighted by atomic mass is 16.6. The molecule has 2 rings (SSSR count). The predicted octanol–water partition coefficient (Wildman–Crippen LogP) is 2.23. The molecule has 7 nitrogen and oxygen atoms in total. The summed E-state index contributed by atoms with van der Waals surface area (Å²) in [6.07, 6.45) is -0.224. The lowest BCUT2D eigenvalue weighted by molar-refractivity contribution is -0.165. The minimum absolute atomic E-state index is 0.0739. The van der Waals surface area contributed by atoms with Gasteiger partial charge in [-0.3, -0.25) is 9.59 Å². The number of esters is 1. The smallest absolute Gasteiger partial charge is 0.410 e. The Morgan fingerprint density at radius 2 is 1.69 bits per heavy atom. The van der Waals surface area contributed by atoms with E-state index in [4.69, 9.17) is 15.2 Å². The monoisotopic (exact) mass is 362 g/mol. The minimum Gasteiger partial charge on any atom is -0.460 e. The third-order valence-corrected chi connectivity index (χ3v) is 4.34. The van der Waals surface area contributed by atoms with E-state index in [1.54, 1.807) is 20.8 Å². The standard InChI is InChI=1S/C19H26N2O5/c1-18(2,3)26-17(24)21-11-9-19(10-12-21,15(20)22)16(23)25-13-14-7-5-4-6-8-14/h4-8H,9-13H2,1-3H3,(H2,20,22). The first-order chi connectivity index (χ1) is 12.1. The number of likely N-dealkylation sites (tertiary alicyclic amines) is 1. The van der Waals surface area contributed by atoms with Gasteiger partial charge in [-0.1, -0.05) is 30.3 Å². The number of hydrogen-bond acceptors (Lipinski definition) is 5. The fourth-order valence-electron chi connectivity index (χ4n) is 2.81. The van der Waals surface area contributed by atoms with Gasteiger partial charge in [-0.25, -0.2) is 4.79 Å². The van der Waals surface area contributed by atoms with Crippen LogP contribution in [0.3, 0.4) is 0 Å². The van der Waals surface area contributed by atoms with Gasteiger partial charge in [0.25, 0.3) is 0 Å². The van der Waals surface area contributed by atoms with E-state index in [1.807, 2.05) is 30.3 Å². The average Bonchev–Trinajstić information content (AvgIpc) is 2.59. The number of primary amides is 1. The van der Waals surface area contributed by atoms with Crippen LogP contribution in [0.5, 0.6) is 0 Å². The normalized spacial score (nSPS) is 16.7. The number of hydrogen-bond donors (Lipinski definition) is 1. The van der Waals surface area contributed by atoms with Crippen molar-refractivity contribution in [2.75, 3.05) is 13.1 Å². The van der Waals surface area contributed by atoms with Crippen LogP contribution in [0.25, 0.3) is 0 Å². The molecule has 1 heterocycles. The van der Waals surface area contributed by atoms with Crippen molar-refractivity contribution < 1.29 is 23.9 Å². The Morgan fingerprint density at radius 3 is 2.19 bits per heavy atom. The molecular formula is C19H26N2O5. The van der Waals surface area contributed by atoms with Crippen LogP contribution in [-0.2, 0) is 25.7 Å². The molecule has 0 unspecified atom stereocenters. The second-order valence-electron chi connectivity index (χ2n) is 7.48. The summed E-state index contributed by atoms with van der Waals surface area (Å²) < 4.78 is 10.7. The van der Waals surface area contributed by atoms with Crippen molar-refractivity contribution in [3.8, 4) is 0 Å². The number of carbonyl (C=O) groups excluding carboxylic acids is 3. The molecule has 7 heteroatoms. The lowest BCUT2D eigenvalue weighted by Crippen LogP contribution is -2.53. The third kappa shape index (κ3) is 4.74. The second-order valence-corrected chi connectivity index (χ2v) is 7.48. The van der Waals surface area contributed by atoms with E-state index in [0.29, 0.717) is 0 Å². The highest BCUT2D eigenvalue weighted by Gasteiger charge is 2.49. The van der Waals surface area contributed by atoms with Crippen molar-refractivity contribution in [3.63, 3.8) is 0 Å². The molecule has 1 aliphatic rings. The fraction of sp³-hybridized carbons (Fsp3) is 0.526. The van der Waals surface area contributed by atoms with E-state index in [-0.39, 0.29) is 32.5 Å². The minimum atomic E-state index is -1.41. The molecule has 0 aliphatic carbocycles. The summed E-state index contributed by atoms with van der Waals surface area (Å²) in [5.74, 6) is -1.36. The molecule has 1 aromatic carbocycles. The molecule has 2 amide bonds. The molecule has 0 atom stereocenters. The number of carbonyl (C=O) groups is 3. The van der Waals surface area contributed by atoms with Crippen LogP contribution in [0.2, 0.25) is 0 Å². The van der Waals surface area contributed by atoms with E-state index in [1.165, 1.54) is 4.90 Å². The highest BCUT2D eigenvalue weighted by Crippen LogP contribution is 2.33. The Balaban J connectivity index is 1.99. The molecule has 1 saturated heterocycles. The summed E-state index contributed by atoms with van der Waals surface area (Å²) in [5, 5.41) is 0. The van der Waals surface area contributed by atoms with Crippen molar-refractivity contribution in [2.45, 2.75) is 45.8 Å². The number of benzene rings is 1. The molecule has 1 fully saturated rings. The third-order valence-electron chi connectivity index (χ3n) is 4.34. The van der Waals surface area contributed by atoms with Gasteiger partial charge in [0, 0.05) is 13.1 Å². The molecule has 0 aromatic heterocycles. The second kappa shape index (κ2) is 7.76. The zero-order valence-corrected chi connectivity index (χ0v) is 15.5. The Kier molecular flexibility index (Phi) is 5.90. The maximum Gasteiger partial charge on any atom is 0.410 e. The number of rotatable bonds is 4. The molecule has 1 aromatic rings. The van der Waals surface area contributed by atoms with Gasteiger partial charge in [0.15, 0.2) is 0 Å². The van der Waals surface area contributed by atoms with Gasteiger partial charge in [0.05, 0.1) is 0 Å². The van der Waals surface area contributed by atoms with E-state index in [9.17, 15) is 14.4 Å². The number of nitrogens with zero attached hydrogens (tertiary/aromatic N) is 1.